The Hall–Kier alpha value is -0.920. The summed E-state index contributed by atoms with van der Waals surface area (Å²) in [5, 5.41) is 10.2. The molecule has 1 rings (SSSR count). The summed E-state index contributed by atoms with van der Waals surface area (Å²) in [4.78, 5) is 3.99. The summed E-state index contributed by atoms with van der Waals surface area (Å²) in [7, 11) is 0. The molecule has 1 atom stereocenters. The van der Waals surface area contributed by atoms with E-state index in [0.717, 1.165) is 5.69 Å². The monoisotopic (exact) mass is 153 g/mol. The third kappa shape index (κ3) is 1.79. The van der Waals surface area contributed by atoms with Gasteiger partial charge in [0.05, 0.1) is 23.3 Å². The van der Waals surface area contributed by atoms with Crippen molar-refractivity contribution in [3.8, 4) is 6.07 Å². The summed E-state index contributed by atoms with van der Waals surface area (Å²) < 4.78 is 0. The topological polar surface area (TPSA) is 62.7 Å². The fourth-order valence-corrected chi connectivity index (χ4v) is 1.18. The summed E-state index contributed by atoms with van der Waals surface area (Å²) in [6.45, 7) is 0. The molecule has 2 N–H and O–H groups in total. The van der Waals surface area contributed by atoms with Crippen molar-refractivity contribution in [1.82, 2.24) is 4.98 Å². The summed E-state index contributed by atoms with van der Waals surface area (Å²) in [5.74, 6) is 0. The molecule has 0 saturated carbocycles. The van der Waals surface area contributed by atoms with Crippen molar-refractivity contribution in [2.45, 2.75) is 12.5 Å². The van der Waals surface area contributed by atoms with Gasteiger partial charge in [-0.05, 0) is 0 Å². The second-order valence-electron chi connectivity index (χ2n) is 1.92. The van der Waals surface area contributed by atoms with Crippen LogP contribution in [-0.4, -0.2) is 11.0 Å². The van der Waals surface area contributed by atoms with Crippen molar-refractivity contribution in [2.75, 3.05) is 0 Å². The Balaban J connectivity index is 2.50. The molecule has 0 radical (unpaired) electrons. The number of rotatable bonds is 2. The second kappa shape index (κ2) is 3.30. The number of nitrogens with zero attached hydrogens (tertiary/aromatic N) is 2. The van der Waals surface area contributed by atoms with Gasteiger partial charge in [-0.15, -0.1) is 11.3 Å². The Labute approximate surface area is 63.1 Å². The van der Waals surface area contributed by atoms with Gasteiger partial charge in [-0.3, -0.25) is 0 Å². The molecule has 4 heteroatoms. The normalized spacial score (nSPS) is 12.4. The molecular formula is C6H7N3S. The van der Waals surface area contributed by atoms with Gasteiger partial charge < -0.3 is 5.73 Å². The summed E-state index contributed by atoms with van der Waals surface area (Å²) in [5.41, 5.74) is 8.01. The molecule has 0 aliphatic rings. The molecule has 3 nitrogen and oxygen atoms in total. The molecule has 0 aliphatic carbocycles. The molecule has 1 aromatic heterocycles. The highest BCUT2D eigenvalue weighted by molar-refractivity contribution is 7.07. The highest BCUT2D eigenvalue weighted by Crippen LogP contribution is 2.02. The van der Waals surface area contributed by atoms with E-state index in [1.54, 1.807) is 5.51 Å². The molecule has 0 aromatic carbocycles. The van der Waals surface area contributed by atoms with Crippen LogP contribution < -0.4 is 5.73 Å². The van der Waals surface area contributed by atoms with Gasteiger partial charge in [0, 0.05) is 11.8 Å². The first-order chi connectivity index (χ1) is 4.83. The summed E-state index contributed by atoms with van der Waals surface area (Å²) in [6, 6.07) is 1.53. The van der Waals surface area contributed by atoms with Crippen LogP contribution in [0.15, 0.2) is 10.9 Å². The van der Waals surface area contributed by atoms with Crippen LogP contribution in [-0.2, 0) is 6.42 Å². The van der Waals surface area contributed by atoms with Crippen LogP contribution in [0, 0.1) is 11.3 Å². The van der Waals surface area contributed by atoms with E-state index < -0.39 is 6.04 Å². The third-order valence-electron chi connectivity index (χ3n) is 1.08. The van der Waals surface area contributed by atoms with E-state index in [2.05, 4.69) is 4.98 Å². The molecule has 0 spiro atoms. The largest absolute Gasteiger partial charge is 0.316 e. The number of aromatic nitrogens is 1. The van der Waals surface area contributed by atoms with Gasteiger partial charge in [0.1, 0.15) is 0 Å². The first kappa shape index (κ1) is 7.19. The maximum atomic E-state index is 8.33. The standard InChI is InChI=1S/C6H7N3S/c7-2-5(8)1-6-3-10-4-9-6/h3-5H,1,8H2. The lowest BCUT2D eigenvalue weighted by Crippen LogP contribution is -2.20. The summed E-state index contributed by atoms with van der Waals surface area (Å²) >= 11 is 1.52. The van der Waals surface area contributed by atoms with E-state index in [0.29, 0.717) is 6.42 Å². The molecule has 1 heterocycles. The van der Waals surface area contributed by atoms with Gasteiger partial charge >= 0.3 is 0 Å². The Bertz CT molecular complexity index is 224. The van der Waals surface area contributed by atoms with E-state index in [9.17, 15) is 0 Å². The van der Waals surface area contributed by atoms with Gasteiger partial charge in [-0.25, -0.2) is 4.98 Å². The maximum Gasteiger partial charge on any atom is 0.0984 e. The number of nitriles is 1. The lowest BCUT2D eigenvalue weighted by molar-refractivity contribution is 0.805. The Morgan fingerprint density at radius 3 is 3.20 bits per heavy atom. The second-order valence-corrected chi connectivity index (χ2v) is 2.64. The van der Waals surface area contributed by atoms with Crippen LogP contribution in [0.25, 0.3) is 0 Å². The average Bonchev–Trinajstić information content (AvgIpc) is 2.40. The predicted octanol–water partition coefficient (Wildman–Crippen LogP) is 0.536. The zero-order valence-corrected chi connectivity index (χ0v) is 6.14. The van der Waals surface area contributed by atoms with E-state index in [1.165, 1.54) is 11.3 Å². The minimum atomic E-state index is -0.415. The molecule has 0 bridgehead atoms. The Morgan fingerprint density at radius 1 is 1.90 bits per heavy atom. The predicted molar refractivity (Wildman–Crippen MR) is 39.4 cm³/mol. The van der Waals surface area contributed by atoms with E-state index in [1.807, 2.05) is 11.4 Å². The van der Waals surface area contributed by atoms with Gasteiger partial charge in [0.25, 0.3) is 0 Å². The molecular weight excluding hydrogens is 146 g/mol. The van der Waals surface area contributed by atoms with Gasteiger partial charge in [0.2, 0.25) is 0 Å². The van der Waals surface area contributed by atoms with Gasteiger partial charge in [0.15, 0.2) is 0 Å². The van der Waals surface area contributed by atoms with Crippen LogP contribution in [0.2, 0.25) is 0 Å². The zero-order valence-electron chi connectivity index (χ0n) is 5.32. The minimum absolute atomic E-state index is 0.415. The van der Waals surface area contributed by atoms with Crippen molar-refractivity contribution < 1.29 is 0 Å². The van der Waals surface area contributed by atoms with Crippen molar-refractivity contribution in [3.05, 3.63) is 16.6 Å². The van der Waals surface area contributed by atoms with E-state index >= 15 is 0 Å². The lowest BCUT2D eigenvalue weighted by Gasteiger charge is -1.95. The highest BCUT2D eigenvalue weighted by Gasteiger charge is 2.01. The maximum absolute atomic E-state index is 8.33. The third-order valence-corrected chi connectivity index (χ3v) is 1.71. The first-order valence-corrected chi connectivity index (χ1v) is 3.79. The van der Waals surface area contributed by atoms with Crippen molar-refractivity contribution in [2.24, 2.45) is 5.73 Å². The zero-order chi connectivity index (χ0) is 7.40. The molecule has 52 valence electrons. The highest BCUT2D eigenvalue weighted by atomic mass is 32.1. The van der Waals surface area contributed by atoms with Crippen molar-refractivity contribution in [3.63, 3.8) is 0 Å². The fourth-order valence-electron chi connectivity index (χ4n) is 0.609. The van der Waals surface area contributed by atoms with Gasteiger partial charge in [-0.1, -0.05) is 0 Å². The Kier molecular flexibility index (Phi) is 2.37. The van der Waals surface area contributed by atoms with Crippen LogP contribution in [0.5, 0.6) is 0 Å². The molecule has 0 fully saturated rings. The van der Waals surface area contributed by atoms with Crippen molar-refractivity contribution in [1.29, 1.82) is 5.26 Å². The smallest absolute Gasteiger partial charge is 0.0984 e. The Morgan fingerprint density at radius 2 is 2.70 bits per heavy atom. The van der Waals surface area contributed by atoms with E-state index in [4.69, 9.17) is 11.0 Å². The van der Waals surface area contributed by atoms with Crippen LogP contribution in [0.4, 0.5) is 0 Å². The van der Waals surface area contributed by atoms with Crippen molar-refractivity contribution >= 4 is 11.3 Å². The first-order valence-electron chi connectivity index (χ1n) is 2.85. The molecule has 0 saturated heterocycles. The fraction of sp³-hybridized carbons (Fsp3) is 0.333. The molecule has 0 aliphatic heterocycles. The molecule has 10 heavy (non-hydrogen) atoms. The number of thiazole rings is 1. The van der Waals surface area contributed by atoms with Crippen LogP contribution in [0.3, 0.4) is 0 Å². The lowest BCUT2D eigenvalue weighted by atomic mass is 10.2. The van der Waals surface area contributed by atoms with E-state index in [-0.39, 0.29) is 0 Å². The molecule has 1 aromatic rings. The summed E-state index contributed by atoms with van der Waals surface area (Å²) in [6.07, 6.45) is 0.556. The average molecular weight is 153 g/mol. The molecule has 0 amide bonds. The van der Waals surface area contributed by atoms with Crippen LogP contribution >= 0.6 is 11.3 Å². The SMILES string of the molecule is N#CC(N)Cc1cscn1. The quantitative estimate of drug-likeness (QED) is 0.674. The minimum Gasteiger partial charge on any atom is -0.316 e. The number of hydrogen-bond donors (Lipinski definition) is 1. The van der Waals surface area contributed by atoms with Crippen LogP contribution in [0.1, 0.15) is 5.69 Å². The number of nitrogens with two attached hydrogens (primary N) is 1. The van der Waals surface area contributed by atoms with Gasteiger partial charge in [-0.2, -0.15) is 5.26 Å². The molecule has 1 unspecified atom stereocenters. The number of hydrogen-bond acceptors (Lipinski definition) is 4.